The fourth-order valence-corrected chi connectivity index (χ4v) is 2.58. The zero-order valence-corrected chi connectivity index (χ0v) is 11.1. The van der Waals surface area contributed by atoms with Crippen molar-refractivity contribution in [3.8, 4) is 0 Å². The molecule has 1 aliphatic carbocycles. The summed E-state index contributed by atoms with van der Waals surface area (Å²) >= 11 is 0. The van der Waals surface area contributed by atoms with Crippen molar-refractivity contribution < 1.29 is 4.79 Å². The van der Waals surface area contributed by atoms with E-state index in [4.69, 9.17) is 0 Å². The van der Waals surface area contributed by atoms with Gasteiger partial charge in [-0.1, -0.05) is 39.0 Å². The van der Waals surface area contributed by atoms with E-state index in [2.05, 4.69) is 39.0 Å². The number of rotatable bonds is 1. The van der Waals surface area contributed by atoms with E-state index in [1.165, 1.54) is 16.7 Å². The van der Waals surface area contributed by atoms with Crippen LogP contribution in [0.3, 0.4) is 0 Å². The molecule has 0 spiro atoms. The maximum absolute atomic E-state index is 11.0. The highest BCUT2D eigenvalue weighted by Crippen LogP contribution is 2.29. The molecule has 1 atom stereocenters. The molecule has 1 heteroatoms. The van der Waals surface area contributed by atoms with Crippen LogP contribution in [-0.4, -0.2) is 6.29 Å². The predicted octanol–water partition coefficient (Wildman–Crippen LogP) is 3.68. The van der Waals surface area contributed by atoms with Crippen LogP contribution in [0.15, 0.2) is 18.2 Å². The van der Waals surface area contributed by atoms with Gasteiger partial charge >= 0.3 is 0 Å². The average molecular weight is 230 g/mol. The summed E-state index contributed by atoms with van der Waals surface area (Å²) < 4.78 is 0. The first-order valence-electron chi connectivity index (χ1n) is 6.58. The van der Waals surface area contributed by atoms with E-state index in [0.29, 0.717) is 0 Å². The predicted molar refractivity (Wildman–Crippen MR) is 71.3 cm³/mol. The van der Waals surface area contributed by atoms with Gasteiger partial charge in [-0.05, 0) is 47.8 Å². The lowest BCUT2D eigenvalue weighted by Gasteiger charge is -2.21. The molecule has 0 fully saturated rings. The normalized spacial score (nSPS) is 20.5. The molecule has 0 amide bonds. The van der Waals surface area contributed by atoms with Crippen molar-refractivity contribution in [2.75, 3.05) is 0 Å². The van der Waals surface area contributed by atoms with Crippen molar-refractivity contribution in [1.29, 1.82) is 0 Å². The minimum Gasteiger partial charge on any atom is -0.303 e. The van der Waals surface area contributed by atoms with Crippen molar-refractivity contribution in [2.45, 2.75) is 51.9 Å². The van der Waals surface area contributed by atoms with Crippen molar-refractivity contribution in [2.24, 2.45) is 5.92 Å². The van der Waals surface area contributed by atoms with Gasteiger partial charge in [0.2, 0.25) is 0 Å². The number of hydrogen-bond acceptors (Lipinski definition) is 1. The standard InChI is InChI=1S/C16H22O/c1-16(2,3)15-8-7-13-6-4-5-12(11-17)9-14(13)10-15/h7-8,10-12H,4-6,9H2,1-3H3/t12-/m1/s1. The molecule has 92 valence electrons. The molecule has 0 N–H and O–H groups in total. The molecule has 1 aromatic rings. The first-order valence-corrected chi connectivity index (χ1v) is 6.58. The maximum Gasteiger partial charge on any atom is 0.123 e. The summed E-state index contributed by atoms with van der Waals surface area (Å²) in [5, 5.41) is 0. The topological polar surface area (TPSA) is 17.1 Å². The first kappa shape index (κ1) is 12.3. The Balaban J connectivity index is 2.36. The van der Waals surface area contributed by atoms with Gasteiger partial charge in [0.05, 0.1) is 0 Å². The van der Waals surface area contributed by atoms with E-state index in [-0.39, 0.29) is 11.3 Å². The van der Waals surface area contributed by atoms with Gasteiger partial charge in [0.25, 0.3) is 0 Å². The van der Waals surface area contributed by atoms with Crippen LogP contribution in [0.4, 0.5) is 0 Å². The summed E-state index contributed by atoms with van der Waals surface area (Å²) in [6.45, 7) is 6.72. The Morgan fingerprint density at radius 1 is 1.24 bits per heavy atom. The molecular formula is C16H22O. The highest BCUT2D eigenvalue weighted by Gasteiger charge is 2.19. The Hall–Kier alpha value is -1.11. The van der Waals surface area contributed by atoms with Crippen LogP contribution in [0.1, 0.15) is 50.3 Å². The lowest BCUT2D eigenvalue weighted by Crippen LogP contribution is -2.12. The third kappa shape index (κ3) is 2.77. The Morgan fingerprint density at radius 3 is 2.65 bits per heavy atom. The molecule has 1 aliphatic rings. The van der Waals surface area contributed by atoms with Crippen LogP contribution < -0.4 is 0 Å². The smallest absolute Gasteiger partial charge is 0.123 e. The average Bonchev–Trinajstić information content (AvgIpc) is 2.48. The van der Waals surface area contributed by atoms with E-state index < -0.39 is 0 Å². The molecule has 0 unspecified atom stereocenters. The molecule has 1 aromatic carbocycles. The lowest BCUT2D eigenvalue weighted by atomic mass is 9.84. The summed E-state index contributed by atoms with van der Waals surface area (Å²) in [7, 11) is 0. The Morgan fingerprint density at radius 2 is 2.00 bits per heavy atom. The van der Waals surface area contributed by atoms with Crippen molar-refractivity contribution in [3.05, 3.63) is 34.9 Å². The number of carbonyl (C=O) groups excluding carboxylic acids is 1. The largest absolute Gasteiger partial charge is 0.303 e. The number of fused-ring (bicyclic) bond motifs is 1. The van der Waals surface area contributed by atoms with Gasteiger partial charge in [0.15, 0.2) is 0 Å². The molecule has 1 nitrogen and oxygen atoms in total. The summed E-state index contributed by atoms with van der Waals surface area (Å²) in [6.07, 6.45) is 5.39. The van der Waals surface area contributed by atoms with Crippen molar-refractivity contribution in [3.63, 3.8) is 0 Å². The summed E-state index contributed by atoms with van der Waals surface area (Å²) in [6, 6.07) is 6.83. The van der Waals surface area contributed by atoms with E-state index in [1.807, 2.05) is 0 Å². The summed E-state index contributed by atoms with van der Waals surface area (Å²) in [5.74, 6) is 0.228. The van der Waals surface area contributed by atoms with Crippen molar-refractivity contribution >= 4 is 6.29 Å². The zero-order valence-electron chi connectivity index (χ0n) is 11.1. The lowest BCUT2D eigenvalue weighted by molar-refractivity contribution is -0.111. The number of aldehydes is 1. The number of benzene rings is 1. The van der Waals surface area contributed by atoms with Crippen LogP contribution in [-0.2, 0) is 23.1 Å². The number of aryl methyl sites for hydroxylation is 1. The van der Waals surface area contributed by atoms with E-state index >= 15 is 0 Å². The van der Waals surface area contributed by atoms with E-state index in [1.54, 1.807) is 0 Å². The van der Waals surface area contributed by atoms with Gasteiger partial charge in [0.1, 0.15) is 6.29 Å². The maximum atomic E-state index is 11.0. The Kier molecular flexibility index (Phi) is 3.37. The third-order valence-corrected chi connectivity index (χ3v) is 3.77. The minimum atomic E-state index is 0.192. The van der Waals surface area contributed by atoms with Crippen LogP contribution in [0.5, 0.6) is 0 Å². The monoisotopic (exact) mass is 230 g/mol. The molecule has 0 heterocycles. The number of hydrogen-bond donors (Lipinski definition) is 0. The molecule has 0 aromatic heterocycles. The van der Waals surface area contributed by atoms with Crippen LogP contribution in [0.2, 0.25) is 0 Å². The fourth-order valence-electron chi connectivity index (χ4n) is 2.58. The summed E-state index contributed by atoms with van der Waals surface area (Å²) in [5.41, 5.74) is 4.41. The quantitative estimate of drug-likeness (QED) is 0.531. The van der Waals surface area contributed by atoms with Gasteiger partial charge in [-0.15, -0.1) is 0 Å². The number of carbonyl (C=O) groups is 1. The van der Waals surface area contributed by atoms with Gasteiger partial charge in [0, 0.05) is 5.92 Å². The van der Waals surface area contributed by atoms with Gasteiger partial charge in [-0.25, -0.2) is 0 Å². The molecule has 0 radical (unpaired) electrons. The molecule has 2 rings (SSSR count). The van der Waals surface area contributed by atoms with Crippen molar-refractivity contribution in [1.82, 2.24) is 0 Å². The third-order valence-electron chi connectivity index (χ3n) is 3.77. The Bertz CT molecular complexity index is 412. The van der Waals surface area contributed by atoms with Crippen LogP contribution in [0.25, 0.3) is 0 Å². The second-order valence-corrected chi connectivity index (χ2v) is 6.23. The molecule has 17 heavy (non-hydrogen) atoms. The SMILES string of the molecule is CC(C)(C)c1ccc2c(c1)C[C@H](C=O)CCC2. The van der Waals surface area contributed by atoms with Gasteiger partial charge in [-0.3, -0.25) is 0 Å². The van der Waals surface area contributed by atoms with Gasteiger partial charge in [-0.2, -0.15) is 0 Å². The second kappa shape index (κ2) is 4.64. The molecular weight excluding hydrogens is 208 g/mol. The van der Waals surface area contributed by atoms with Gasteiger partial charge < -0.3 is 4.79 Å². The molecule has 0 aliphatic heterocycles. The molecule has 0 saturated heterocycles. The Labute approximate surface area is 104 Å². The van der Waals surface area contributed by atoms with E-state index in [9.17, 15) is 4.79 Å². The first-order chi connectivity index (χ1) is 8.00. The van der Waals surface area contributed by atoms with Crippen LogP contribution in [0, 0.1) is 5.92 Å². The van der Waals surface area contributed by atoms with E-state index in [0.717, 1.165) is 32.0 Å². The zero-order chi connectivity index (χ0) is 12.5. The summed E-state index contributed by atoms with van der Waals surface area (Å²) in [4.78, 5) is 11.0. The highest BCUT2D eigenvalue weighted by molar-refractivity contribution is 5.55. The highest BCUT2D eigenvalue weighted by atomic mass is 16.1. The van der Waals surface area contributed by atoms with Crippen LogP contribution >= 0.6 is 0 Å². The molecule has 0 saturated carbocycles. The molecule has 0 bridgehead atoms. The minimum absolute atomic E-state index is 0.192. The second-order valence-electron chi connectivity index (χ2n) is 6.23. The fraction of sp³-hybridized carbons (Fsp3) is 0.562.